The lowest BCUT2D eigenvalue weighted by Gasteiger charge is -2.26. The highest BCUT2D eigenvalue weighted by atomic mass is 16.1. The molecule has 4 rings (SSSR count). The largest absolute Gasteiger partial charge is 0.355 e. The number of nitrogens with zero attached hydrogens (tertiary/aromatic N) is 3. The Kier molecular flexibility index (Phi) is 5.49. The second kappa shape index (κ2) is 8.21. The minimum atomic E-state index is 0.133. The van der Waals surface area contributed by atoms with Gasteiger partial charge < -0.3 is 5.32 Å². The van der Waals surface area contributed by atoms with Crippen molar-refractivity contribution in [1.29, 1.82) is 0 Å². The van der Waals surface area contributed by atoms with E-state index in [2.05, 4.69) is 67.5 Å². The zero-order chi connectivity index (χ0) is 20.4. The maximum Gasteiger partial charge on any atom is 0.221 e. The number of benzene rings is 2. The first kappa shape index (κ1) is 19.4. The Labute approximate surface area is 172 Å². The first-order valence-corrected chi connectivity index (χ1v) is 10.2. The summed E-state index contributed by atoms with van der Waals surface area (Å²) in [6.45, 7) is 8.61. The van der Waals surface area contributed by atoms with Crippen LogP contribution in [0, 0.1) is 13.8 Å². The van der Waals surface area contributed by atoms with E-state index in [9.17, 15) is 4.79 Å². The van der Waals surface area contributed by atoms with Crippen LogP contribution in [0.1, 0.15) is 30.0 Å². The molecule has 5 heteroatoms. The summed E-state index contributed by atoms with van der Waals surface area (Å²) in [6, 6.07) is 17.1. The van der Waals surface area contributed by atoms with Crippen molar-refractivity contribution in [2.45, 2.75) is 39.8 Å². The summed E-state index contributed by atoms with van der Waals surface area (Å²) in [5, 5.41) is 7.99. The minimum Gasteiger partial charge on any atom is -0.355 e. The Balaban J connectivity index is 1.74. The van der Waals surface area contributed by atoms with E-state index in [1.165, 1.54) is 16.7 Å². The van der Waals surface area contributed by atoms with Gasteiger partial charge in [0.25, 0.3) is 0 Å². The molecule has 5 nitrogen and oxygen atoms in total. The fourth-order valence-electron chi connectivity index (χ4n) is 3.85. The fraction of sp³-hybridized carbons (Fsp3) is 0.333. The van der Waals surface area contributed by atoms with Crippen molar-refractivity contribution >= 4 is 5.91 Å². The van der Waals surface area contributed by atoms with Gasteiger partial charge >= 0.3 is 0 Å². The molecule has 1 fully saturated rings. The topological polar surface area (TPSA) is 50.2 Å². The molecule has 0 saturated carbocycles. The summed E-state index contributed by atoms with van der Waals surface area (Å²) in [4.78, 5) is 14.2. The van der Waals surface area contributed by atoms with Crippen molar-refractivity contribution in [1.82, 2.24) is 20.0 Å². The van der Waals surface area contributed by atoms with Gasteiger partial charge in [-0.25, -0.2) is 4.68 Å². The summed E-state index contributed by atoms with van der Waals surface area (Å²) in [6.07, 6.45) is 2.69. The van der Waals surface area contributed by atoms with Crippen molar-refractivity contribution in [3.05, 3.63) is 71.4 Å². The van der Waals surface area contributed by atoms with Crippen LogP contribution in [0.25, 0.3) is 16.9 Å². The zero-order valence-corrected chi connectivity index (χ0v) is 17.4. The van der Waals surface area contributed by atoms with Gasteiger partial charge in [0.15, 0.2) is 0 Å². The van der Waals surface area contributed by atoms with Gasteiger partial charge in [-0.1, -0.05) is 42.5 Å². The maximum atomic E-state index is 11.8. The highest BCUT2D eigenvalue weighted by molar-refractivity contribution is 5.76. The molecule has 2 heterocycles. The van der Waals surface area contributed by atoms with Gasteiger partial charge in [0.05, 0.1) is 11.4 Å². The van der Waals surface area contributed by atoms with Crippen molar-refractivity contribution in [2.24, 2.45) is 0 Å². The maximum absolute atomic E-state index is 11.8. The van der Waals surface area contributed by atoms with Gasteiger partial charge in [0.2, 0.25) is 5.91 Å². The van der Waals surface area contributed by atoms with E-state index < -0.39 is 0 Å². The lowest BCUT2D eigenvalue weighted by Crippen LogP contribution is -2.37. The van der Waals surface area contributed by atoms with Gasteiger partial charge in [0, 0.05) is 49.4 Å². The number of aromatic nitrogens is 2. The monoisotopic (exact) mass is 388 g/mol. The molecule has 1 saturated heterocycles. The fourth-order valence-corrected chi connectivity index (χ4v) is 3.85. The summed E-state index contributed by atoms with van der Waals surface area (Å²) in [5.41, 5.74) is 6.81. The van der Waals surface area contributed by atoms with Crippen LogP contribution >= 0.6 is 0 Å². The molecule has 29 heavy (non-hydrogen) atoms. The summed E-state index contributed by atoms with van der Waals surface area (Å²) >= 11 is 0. The molecule has 1 aliphatic heterocycles. The molecule has 3 aromatic rings. The molecule has 1 aliphatic rings. The number of carbonyl (C=O) groups excluding carboxylic acids is 1. The van der Waals surface area contributed by atoms with Gasteiger partial charge in [-0.15, -0.1) is 0 Å². The lowest BCUT2D eigenvalue weighted by atomic mass is 10.1. The number of hydrogen-bond donors (Lipinski definition) is 1. The van der Waals surface area contributed by atoms with Crippen molar-refractivity contribution in [3.63, 3.8) is 0 Å². The molecule has 2 aromatic carbocycles. The number of rotatable bonds is 4. The molecule has 0 aliphatic carbocycles. The third kappa shape index (κ3) is 4.25. The Morgan fingerprint density at radius 3 is 2.72 bits per heavy atom. The molecule has 0 radical (unpaired) electrons. The standard InChI is InChI=1S/C24H28N4O/c1-17-9-10-18(2)22(13-17)28-16-21(24(26-28)20-7-5-4-6-8-20)15-27-12-11-23(29)25-14-19(27)3/h4-10,13,16,19H,11-12,14-15H2,1-3H3,(H,25,29)/t19-/m0/s1. The molecule has 1 atom stereocenters. The average Bonchev–Trinajstić information content (AvgIpc) is 3.08. The Morgan fingerprint density at radius 1 is 1.14 bits per heavy atom. The van der Waals surface area contributed by atoms with Gasteiger partial charge in [0.1, 0.15) is 0 Å². The van der Waals surface area contributed by atoms with Crippen LogP contribution < -0.4 is 5.32 Å². The second-order valence-electron chi connectivity index (χ2n) is 7.98. The Bertz CT molecular complexity index is 1010. The van der Waals surface area contributed by atoms with Crippen LogP contribution in [0.4, 0.5) is 0 Å². The smallest absolute Gasteiger partial charge is 0.221 e. The predicted octanol–water partition coefficient (Wildman–Crippen LogP) is 3.87. The van der Waals surface area contributed by atoms with Crippen molar-refractivity contribution in [3.8, 4) is 16.9 Å². The number of nitrogens with one attached hydrogen (secondary N) is 1. The lowest BCUT2D eigenvalue weighted by molar-refractivity contribution is -0.120. The summed E-state index contributed by atoms with van der Waals surface area (Å²) in [5.74, 6) is 0.133. The van der Waals surface area contributed by atoms with Crippen molar-refractivity contribution < 1.29 is 4.79 Å². The third-order valence-electron chi connectivity index (χ3n) is 5.67. The SMILES string of the molecule is Cc1ccc(C)c(-n2cc(CN3CCC(=O)NC[C@@H]3C)c(-c3ccccc3)n2)c1. The summed E-state index contributed by atoms with van der Waals surface area (Å²) < 4.78 is 2.01. The number of carbonyl (C=O) groups is 1. The molecule has 150 valence electrons. The highest BCUT2D eigenvalue weighted by Crippen LogP contribution is 2.27. The van der Waals surface area contributed by atoms with E-state index in [4.69, 9.17) is 5.10 Å². The first-order valence-electron chi connectivity index (χ1n) is 10.2. The van der Waals surface area contributed by atoms with Crippen LogP contribution in [-0.2, 0) is 11.3 Å². The highest BCUT2D eigenvalue weighted by Gasteiger charge is 2.23. The third-order valence-corrected chi connectivity index (χ3v) is 5.67. The van der Waals surface area contributed by atoms with Crippen LogP contribution in [0.15, 0.2) is 54.7 Å². The van der Waals surface area contributed by atoms with Crippen LogP contribution in [0.3, 0.4) is 0 Å². The molecule has 0 bridgehead atoms. The predicted molar refractivity (Wildman–Crippen MR) is 116 cm³/mol. The molecule has 1 amide bonds. The van der Waals surface area contributed by atoms with E-state index in [0.29, 0.717) is 13.0 Å². The molecular weight excluding hydrogens is 360 g/mol. The molecule has 1 N–H and O–H groups in total. The average molecular weight is 389 g/mol. The summed E-state index contributed by atoms with van der Waals surface area (Å²) in [7, 11) is 0. The molecular formula is C24H28N4O. The second-order valence-corrected chi connectivity index (χ2v) is 7.98. The quantitative estimate of drug-likeness (QED) is 0.738. The molecule has 1 aromatic heterocycles. The number of hydrogen-bond acceptors (Lipinski definition) is 3. The Hall–Kier alpha value is -2.92. The van der Waals surface area contributed by atoms with E-state index in [1.807, 2.05) is 22.9 Å². The van der Waals surface area contributed by atoms with Gasteiger partial charge in [-0.05, 0) is 38.0 Å². The van der Waals surface area contributed by atoms with E-state index >= 15 is 0 Å². The minimum absolute atomic E-state index is 0.133. The van der Waals surface area contributed by atoms with Crippen LogP contribution in [0.2, 0.25) is 0 Å². The van der Waals surface area contributed by atoms with Gasteiger partial charge in [-0.3, -0.25) is 9.69 Å². The normalized spacial score (nSPS) is 17.8. The molecule has 0 spiro atoms. The number of aryl methyl sites for hydroxylation is 2. The van der Waals surface area contributed by atoms with Crippen molar-refractivity contribution in [2.75, 3.05) is 13.1 Å². The zero-order valence-electron chi connectivity index (χ0n) is 17.4. The molecule has 0 unspecified atom stereocenters. The first-order chi connectivity index (χ1) is 14.0. The van der Waals surface area contributed by atoms with Crippen LogP contribution in [-0.4, -0.2) is 39.7 Å². The van der Waals surface area contributed by atoms with Gasteiger partial charge in [-0.2, -0.15) is 5.10 Å². The number of amides is 1. The van der Waals surface area contributed by atoms with E-state index in [-0.39, 0.29) is 11.9 Å². The van der Waals surface area contributed by atoms with E-state index in [1.54, 1.807) is 0 Å². The van der Waals surface area contributed by atoms with E-state index in [0.717, 1.165) is 30.0 Å². The van der Waals surface area contributed by atoms with Crippen LogP contribution in [0.5, 0.6) is 0 Å². The Morgan fingerprint density at radius 2 is 1.93 bits per heavy atom.